The van der Waals surface area contributed by atoms with Crippen molar-refractivity contribution in [2.75, 3.05) is 11.9 Å². The third-order valence-electron chi connectivity index (χ3n) is 2.57. The first-order valence-electron chi connectivity index (χ1n) is 6.08. The maximum Gasteiger partial charge on any atom is 0.227 e. The van der Waals surface area contributed by atoms with E-state index in [1.165, 1.54) is 6.07 Å². The molecule has 0 heterocycles. The lowest BCUT2D eigenvalue weighted by molar-refractivity contribution is -0.116. The highest BCUT2D eigenvalue weighted by atomic mass is 19.1. The monoisotopic (exact) mass is 277 g/mol. The quantitative estimate of drug-likeness (QED) is 0.910. The molecule has 0 atom stereocenters. The smallest absolute Gasteiger partial charge is 0.227 e. The molecule has 1 amide bonds. The van der Waals surface area contributed by atoms with Gasteiger partial charge in [-0.1, -0.05) is 24.3 Å². The zero-order valence-corrected chi connectivity index (χ0v) is 10.6. The van der Waals surface area contributed by atoms with Gasteiger partial charge in [-0.05, 0) is 24.3 Å². The molecule has 0 aliphatic carbocycles. The van der Waals surface area contributed by atoms with Gasteiger partial charge in [-0.2, -0.15) is 0 Å². The highest BCUT2D eigenvalue weighted by Gasteiger charge is 2.11. The van der Waals surface area contributed by atoms with Gasteiger partial charge in [-0.25, -0.2) is 8.78 Å². The Morgan fingerprint density at radius 3 is 2.30 bits per heavy atom. The van der Waals surface area contributed by atoms with Crippen LogP contribution in [0.1, 0.15) is 6.42 Å². The molecule has 0 fully saturated rings. The highest BCUT2D eigenvalue weighted by Crippen LogP contribution is 2.18. The number of hydrogen-bond acceptors (Lipinski definition) is 2. The average Bonchev–Trinajstić information content (AvgIpc) is 2.44. The summed E-state index contributed by atoms with van der Waals surface area (Å²) in [6, 6.07) is 12.4. The number of anilines is 1. The van der Waals surface area contributed by atoms with Crippen LogP contribution in [0.25, 0.3) is 0 Å². The summed E-state index contributed by atoms with van der Waals surface area (Å²) in [7, 11) is 0. The second-order valence-corrected chi connectivity index (χ2v) is 4.06. The van der Waals surface area contributed by atoms with Crippen LogP contribution in [-0.2, 0) is 4.79 Å². The van der Waals surface area contributed by atoms with Crippen molar-refractivity contribution < 1.29 is 18.3 Å². The number of carbonyl (C=O) groups excluding carboxylic acids is 1. The normalized spacial score (nSPS) is 10.1. The number of rotatable bonds is 5. The van der Waals surface area contributed by atoms with Crippen LogP contribution >= 0.6 is 0 Å². The molecule has 1 N–H and O–H groups in total. The van der Waals surface area contributed by atoms with Crippen molar-refractivity contribution in [1.82, 2.24) is 0 Å². The molecule has 0 bridgehead atoms. The van der Waals surface area contributed by atoms with Crippen LogP contribution < -0.4 is 10.1 Å². The first kappa shape index (κ1) is 14.0. The molecule has 0 aromatic heterocycles. The van der Waals surface area contributed by atoms with Crippen molar-refractivity contribution in [3.05, 3.63) is 60.2 Å². The Labute approximate surface area is 115 Å². The summed E-state index contributed by atoms with van der Waals surface area (Å²) in [5, 5.41) is 2.20. The van der Waals surface area contributed by atoms with Gasteiger partial charge >= 0.3 is 0 Å². The number of carbonyl (C=O) groups is 1. The molecule has 0 saturated heterocycles. The fourth-order valence-corrected chi connectivity index (χ4v) is 1.60. The fourth-order valence-electron chi connectivity index (χ4n) is 1.60. The summed E-state index contributed by atoms with van der Waals surface area (Å²) in [6.07, 6.45) is 0.00265. The van der Waals surface area contributed by atoms with E-state index in [9.17, 15) is 13.6 Å². The van der Waals surface area contributed by atoms with E-state index in [4.69, 9.17) is 4.74 Å². The molecule has 2 aromatic rings. The summed E-state index contributed by atoms with van der Waals surface area (Å²) in [4.78, 5) is 11.6. The number of nitrogens with one attached hydrogen (secondary N) is 1. The number of benzene rings is 2. The fraction of sp³-hybridized carbons (Fsp3) is 0.133. The van der Waals surface area contributed by atoms with Crippen LogP contribution in [0.2, 0.25) is 0 Å². The maximum absolute atomic E-state index is 13.3. The van der Waals surface area contributed by atoms with Crippen molar-refractivity contribution >= 4 is 11.6 Å². The van der Waals surface area contributed by atoms with E-state index in [-0.39, 0.29) is 13.0 Å². The number of amides is 1. The van der Waals surface area contributed by atoms with E-state index in [0.29, 0.717) is 5.75 Å². The summed E-state index contributed by atoms with van der Waals surface area (Å²) in [6.45, 7) is 0.131. The van der Waals surface area contributed by atoms with Gasteiger partial charge in [0.1, 0.15) is 23.1 Å². The Kier molecular flexibility index (Phi) is 4.65. The largest absolute Gasteiger partial charge is 0.493 e. The van der Waals surface area contributed by atoms with Crippen molar-refractivity contribution in [3.63, 3.8) is 0 Å². The van der Waals surface area contributed by atoms with Gasteiger partial charge in [-0.3, -0.25) is 4.79 Å². The van der Waals surface area contributed by atoms with E-state index < -0.39 is 23.2 Å². The number of halogens is 2. The molecule has 0 radical (unpaired) electrons. The lowest BCUT2D eigenvalue weighted by Gasteiger charge is -2.08. The minimum atomic E-state index is -0.803. The second-order valence-electron chi connectivity index (χ2n) is 4.06. The topological polar surface area (TPSA) is 38.3 Å². The second kappa shape index (κ2) is 6.65. The van der Waals surface area contributed by atoms with Gasteiger partial charge in [0.2, 0.25) is 5.91 Å². The molecule has 5 heteroatoms. The van der Waals surface area contributed by atoms with Crippen LogP contribution in [0.4, 0.5) is 14.5 Å². The Morgan fingerprint density at radius 1 is 1.00 bits per heavy atom. The van der Waals surface area contributed by atoms with Gasteiger partial charge in [0, 0.05) is 0 Å². The van der Waals surface area contributed by atoms with Gasteiger partial charge in [-0.15, -0.1) is 0 Å². The predicted molar refractivity (Wildman–Crippen MR) is 71.5 cm³/mol. The van der Waals surface area contributed by atoms with Crippen molar-refractivity contribution in [1.29, 1.82) is 0 Å². The molecule has 0 spiro atoms. The van der Waals surface area contributed by atoms with Crippen LogP contribution in [0, 0.1) is 11.6 Å². The molecule has 104 valence electrons. The zero-order valence-electron chi connectivity index (χ0n) is 10.6. The summed E-state index contributed by atoms with van der Waals surface area (Å²) in [5.74, 6) is -1.48. The first-order valence-corrected chi connectivity index (χ1v) is 6.08. The van der Waals surface area contributed by atoms with E-state index in [1.54, 1.807) is 12.1 Å². The standard InChI is InChI=1S/C15H13F2NO2/c16-12-7-4-8-13(17)15(12)18-14(19)9-10-20-11-5-2-1-3-6-11/h1-8H,9-10H2,(H,18,19). The van der Waals surface area contributed by atoms with Crippen molar-refractivity contribution in [3.8, 4) is 5.75 Å². The molecular weight excluding hydrogens is 264 g/mol. The minimum Gasteiger partial charge on any atom is -0.493 e. The molecule has 2 rings (SSSR count). The molecule has 2 aromatic carbocycles. The average molecular weight is 277 g/mol. The highest BCUT2D eigenvalue weighted by molar-refractivity contribution is 5.91. The van der Waals surface area contributed by atoms with Crippen molar-refractivity contribution in [2.24, 2.45) is 0 Å². The van der Waals surface area contributed by atoms with E-state index in [2.05, 4.69) is 5.32 Å². The molecule has 0 aliphatic rings. The van der Waals surface area contributed by atoms with Crippen LogP contribution in [0.5, 0.6) is 5.75 Å². The van der Waals surface area contributed by atoms with Crippen molar-refractivity contribution in [2.45, 2.75) is 6.42 Å². The Balaban J connectivity index is 1.84. The van der Waals surface area contributed by atoms with Gasteiger partial charge in [0.15, 0.2) is 0 Å². The molecular formula is C15H13F2NO2. The van der Waals surface area contributed by atoms with Gasteiger partial charge in [0.05, 0.1) is 13.0 Å². The van der Waals surface area contributed by atoms with E-state index in [0.717, 1.165) is 12.1 Å². The van der Waals surface area contributed by atoms with E-state index in [1.807, 2.05) is 18.2 Å². The minimum absolute atomic E-state index is 0.00265. The van der Waals surface area contributed by atoms with Gasteiger partial charge in [0.25, 0.3) is 0 Å². The Bertz CT molecular complexity index is 567. The number of para-hydroxylation sites is 2. The van der Waals surface area contributed by atoms with Crippen LogP contribution in [-0.4, -0.2) is 12.5 Å². The van der Waals surface area contributed by atoms with Crippen LogP contribution in [0.15, 0.2) is 48.5 Å². The zero-order chi connectivity index (χ0) is 14.4. The molecule has 0 unspecified atom stereocenters. The lowest BCUT2D eigenvalue weighted by atomic mass is 10.3. The third-order valence-corrected chi connectivity index (χ3v) is 2.57. The molecule has 0 saturated carbocycles. The summed E-state index contributed by atoms with van der Waals surface area (Å²) in [5.41, 5.74) is -0.433. The Hall–Kier alpha value is -2.43. The lowest BCUT2D eigenvalue weighted by Crippen LogP contribution is -2.17. The summed E-state index contributed by atoms with van der Waals surface area (Å²) >= 11 is 0. The first-order chi connectivity index (χ1) is 9.66. The van der Waals surface area contributed by atoms with Crippen LogP contribution in [0.3, 0.4) is 0 Å². The SMILES string of the molecule is O=C(CCOc1ccccc1)Nc1c(F)cccc1F. The van der Waals surface area contributed by atoms with E-state index >= 15 is 0 Å². The molecule has 0 aliphatic heterocycles. The number of hydrogen-bond donors (Lipinski definition) is 1. The molecule has 20 heavy (non-hydrogen) atoms. The number of ether oxygens (including phenoxy) is 1. The third kappa shape index (κ3) is 3.78. The summed E-state index contributed by atoms with van der Waals surface area (Å²) < 4.78 is 32.0. The Morgan fingerprint density at radius 2 is 1.65 bits per heavy atom. The molecule has 3 nitrogen and oxygen atoms in total. The maximum atomic E-state index is 13.3. The van der Waals surface area contributed by atoms with Gasteiger partial charge < -0.3 is 10.1 Å². The predicted octanol–water partition coefficient (Wildman–Crippen LogP) is 3.37.